The number of carbonyl (C=O) groups excluding carboxylic acids is 2. The van der Waals surface area contributed by atoms with Gasteiger partial charge in [-0.2, -0.15) is 0 Å². The summed E-state index contributed by atoms with van der Waals surface area (Å²) in [6.45, 7) is 14.2. The maximum Gasteiger partial charge on any atom is 0.306 e. The number of nitrogens with zero attached hydrogens (tertiary/aromatic N) is 1. The summed E-state index contributed by atoms with van der Waals surface area (Å²) in [5.74, 6) is 1.36. The highest BCUT2D eigenvalue weighted by Gasteiger charge is 2.33. The monoisotopic (exact) mass is 669 g/mol. The third-order valence-electron chi connectivity index (χ3n) is 8.30. The number of unbranched alkanes of at least 4 members (excludes halogenated alkanes) is 2. The van der Waals surface area contributed by atoms with Crippen molar-refractivity contribution in [1.29, 1.82) is 0 Å². The molecule has 1 aromatic carbocycles. The van der Waals surface area contributed by atoms with Gasteiger partial charge in [-0.1, -0.05) is 54.0 Å². The normalized spacial score (nSPS) is 14.4. The maximum atomic E-state index is 13.2. The second-order valence-corrected chi connectivity index (χ2v) is 13.4. The summed E-state index contributed by atoms with van der Waals surface area (Å²) in [5.41, 5.74) is 7.98. The number of nitrogens with two attached hydrogens (primary N) is 1. The van der Waals surface area contributed by atoms with Gasteiger partial charge in [0.05, 0.1) is 25.7 Å². The molecule has 1 aromatic rings. The third kappa shape index (κ3) is 18.0. The van der Waals surface area contributed by atoms with E-state index in [2.05, 4.69) is 24.0 Å². The van der Waals surface area contributed by atoms with Crippen LogP contribution in [0.15, 0.2) is 18.2 Å². The summed E-state index contributed by atoms with van der Waals surface area (Å²) in [6, 6.07) is 5.49. The molecule has 0 aliphatic carbocycles. The highest BCUT2D eigenvalue weighted by Crippen LogP contribution is 2.32. The number of benzene rings is 1. The quantitative estimate of drug-likeness (QED) is 0.0555. The van der Waals surface area contributed by atoms with Gasteiger partial charge in [-0.3, -0.25) is 24.8 Å². The zero-order valence-corrected chi connectivity index (χ0v) is 30.0. The number of hydrogen-bond donors (Lipinski definition) is 4. The van der Waals surface area contributed by atoms with Gasteiger partial charge in [0.25, 0.3) is 0 Å². The number of esters is 1. The van der Waals surface area contributed by atoms with E-state index in [1.54, 1.807) is 14.2 Å². The Balaban J connectivity index is 3.10. The lowest BCUT2D eigenvalue weighted by molar-refractivity contribution is -0.492. The summed E-state index contributed by atoms with van der Waals surface area (Å²) in [4.78, 5) is 30.9. The summed E-state index contributed by atoms with van der Waals surface area (Å²) in [6.07, 6.45) is 3.71. The van der Waals surface area contributed by atoms with Crippen LogP contribution in [-0.4, -0.2) is 80.4 Å². The van der Waals surface area contributed by atoms with Crippen LogP contribution >= 0.6 is 0 Å². The lowest BCUT2D eigenvalue weighted by Crippen LogP contribution is -2.45. The number of methoxy groups -OCH3 is 2. The summed E-state index contributed by atoms with van der Waals surface area (Å²) >= 11 is 0. The van der Waals surface area contributed by atoms with E-state index in [-0.39, 0.29) is 54.0 Å². The molecule has 0 aliphatic rings. The van der Waals surface area contributed by atoms with Crippen molar-refractivity contribution in [3.8, 4) is 11.5 Å². The minimum Gasteiger partial charge on any atom is -0.493 e. The summed E-state index contributed by atoms with van der Waals surface area (Å²) in [5, 5.41) is 20.0. The van der Waals surface area contributed by atoms with Crippen LogP contribution in [0.4, 0.5) is 0 Å². The molecular formula is C35H63N3O9. The molecule has 0 fully saturated rings. The van der Waals surface area contributed by atoms with Crippen LogP contribution < -0.4 is 20.5 Å². The zero-order chi connectivity index (χ0) is 35.4. The van der Waals surface area contributed by atoms with Gasteiger partial charge in [-0.05, 0) is 73.5 Å². The van der Waals surface area contributed by atoms with Crippen LogP contribution in [0.1, 0.15) is 92.1 Å². The van der Waals surface area contributed by atoms with Gasteiger partial charge in [0, 0.05) is 45.1 Å². The second kappa shape index (κ2) is 23.8. The first-order chi connectivity index (χ1) is 22.3. The minimum atomic E-state index is -0.642. The van der Waals surface area contributed by atoms with Crippen LogP contribution in [0.25, 0.3) is 0 Å². The largest absolute Gasteiger partial charge is 0.493 e. The first kappa shape index (κ1) is 42.5. The van der Waals surface area contributed by atoms with Crippen molar-refractivity contribution in [3.63, 3.8) is 0 Å². The van der Waals surface area contributed by atoms with Crippen molar-refractivity contribution in [2.45, 2.75) is 105 Å². The number of amides is 1. The first-order valence-corrected chi connectivity index (χ1v) is 17.1. The van der Waals surface area contributed by atoms with E-state index in [1.807, 2.05) is 45.9 Å². The zero-order valence-electron chi connectivity index (χ0n) is 30.0. The van der Waals surface area contributed by atoms with Crippen molar-refractivity contribution in [1.82, 2.24) is 10.7 Å². The molecule has 0 spiro atoms. The Kier molecular flexibility index (Phi) is 21.5. The highest BCUT2D eigenvalue weighted by molar-refractivity contribution is 5.79. The SMILES string of the molecule is COCCCOc1cc(CC(CC(N)C(CC(C(=O)NCC(C)C)C(C)C)OC(=O)CCCCCON(O)O)C(C)C)ccc1OC. The smallest absolute Gasteiger partial charge is 0.306 e. The second-order valence-electron chi connectivity index (χ2n) is 13.4. The van der Waals surface area contributed by atoms with Crippen molar-refractivity contribution in [2.75, 3.05) is 40.6 Å². The van der Waals surface area contributed by atoms with Crippen molar-refractivity contribution >= 4 is 11.9 Å². The number of hydrogen-bond acceptors (Lipinski definition) is 11. The standard InChI is InChI=1S/C35H63N3O9/c1-24(2)23-37-35(40)29(26(5)6)22-32(47-34(39)13-10-9-11-18-46-38(41)42)30(36)21-28(25(3)4)19-27-14-15-31(44-8)33(20-27)45-17-12-16-43-7/h14-15,20,24-26,28-30,32,41-42H,9-13,16-19,21-23,36H2,1-8H3,(H,37,40). The molecule has 0 aliphatic heterocycles. The molecule has 1 rings (SSSR count). The molecule has 0 saturated heterocycles. The number of carbonyl (C=O) groups is 2. The van der Waals surface area contributed by atoms with Gasteiger partial charge in [-0.15, -0.1) is 0 Å². The highest BCUT2D eigenvalue weighted by atomic mass is 17.1. The third-order valence-corrected chi connectivity index (χ3v) is 8.30. The fourth-order valence-corrected chi connectivity index (χ4v) is 5.34. The molecule has 5 N–H and O–H groups in total. The fourth-order valence-electron chi connectivity index (χ4n) is 5.34. The molecular weight excluding hydrogens is 606 g/mol. The predicted molar refractivity (Wildman–Crippen MR) is 180 cm³/mol. The Morgan fingerprint density at radius 2 is 1.62 bits per heavy atom. The molecule has 0 radical (unpaired) electrons. The molecule has 12 nitrogen and oxygen atoms in total. The number of ether oxygens (including phenoxy) is 4. The Morgan fingerprint density at radius 3 is 2.21 bits per heavy atom. The average molecular weight is 670 g/mol. The number of rotatable bonds is 26. The molecule has 12 heteroatoms. The van der Waals surface area contributed by atoms with E-state index in [4.69, 9.17) is 35.1 Å². The Hall–Kier alpha value is -2.48. The lowest BCUT2D eigenvalue weighted by atomic mass is 9.80. The van der Waals surface area contributed by atoms with Crippen LogP contribution in [0.2, 0.25) is 0 Å². The lowest BCUT2D eigenvalue weighted by Gasteiger charge is -2.32. The van der Waals surface area contributed by atoms with Crippen LogP contribution in [0.5, 0.6) is 11.5 Å². The fraction of sp³-hybridized carbons (Fsp3) is 0.771. The Labute approximate surface area is 282 Å². The maximum absolute atomic E-state index is 13.2. The van der Waals surface area contributed by atoms with Gasteiger partial charge < -0.3 is 30.0 Å². The summed E-state index contributed by atoms with van der Waals surface area (Å²) in [7, 11) is 3.29. The Bertz CT molecular complexity index is 1010. The topological polar surface area (TPSA) is 162 Å². The van der Waals surface area contributed by atoms with E-state index < -0.39 is 12.1 Å². The van der Waals surface area contributed by atoms with Gasteiger partial charge in [0.2, 0.25) is 5.91 Å². The van der Waals surface area contributed by atoms with Crippen molar-refractivity contribution in [3.05, 3.63) is 23.8 Å². The molecule has 0 aromatic heterocycles. The molecule has 4 atom stereocenters. The van der Waals surface area contributed by atoms with E-state index in [9.17, 15) is 9.59 Å². The molecule has 47 heavy (non-hydrogen) atoms. The van der Waals surface area contributed by atoms with Gasteiger partial charge in [-0.25, -0.2) is 0 Å². The van der Waals surface area contributed by atoms with Gasteiger partial charge in [0.1, 0.15) is 6.10 Å². The van der Waals surface area contributed by atoms with E-state index >= 15 is 0 Å². The van der Waals surface area contributed by atoms with Crippen molar-refractivity contribution < 1.29 is 43.8 Å². The van der Waals surface area contributed by atoms with Crippen LogP contribution in [-0.2, 0) is 30.3 Å². The van der Waals surface area contributed by atoms with Gasteiger partial charge in [0.15, 0.2) is 11.5 Å². The minimum absolute atomic E-state index is 0.0238. The van der Waals surface area contributed by atoms with Crippen LogP contribution in [0.3, 0.4) is 0 Å². The molecule has 0 heterocycles. The summed E-state index contributed by atoms with van der Waals surface area (Å²) < 4.78 is 22.7. The molecule has 272 valence electrons. The average Bonchev–Trinajstić information content (AvgIpc) is 3.01. The van der Waals surface area contributed by atoms with E-state index in [0.29, 0.717) is 69.3 Å². The first-order valence-electron chi connectivity index (χ1n) is 17.1. The molecule has 4 unspecified atom stereocenters. The van der Waals surface area contributed by atoms with E-state index in [0.717, 1.165) is 18.4 Å². The molecule has 1 amide bonds. The molecule has 0 bridgehead atoms. The molecule has 0 saturated carbocycles. The van der Waals surface area contributed by atoms with Crippen molar-refractivity contribution in [2.24, 2.45) is 35.3 Å². The number of nitrogens with one attached hydrogen (secondary N) is 1. The van der Waals surface area contributed by atoms with Gasteiger partial charge >= 0.3 is 5.97 Å². The predicted octanol–water partition coefficient (Wildman–Crippen LogP) is 5.56. The van der Waals surface area contributed by atoms with Crippen LogP contribution in [0, 0.1) is 29.6 Å². The Morgan fingerprint density at radius 1 is 0.894 bits per heavy atom. The van der Waals surface area contributed by atoms with E-state index in [1.165, 1.54) is 0 Å².